The Hall–Kier alpha value is -1.44. The van der Waals surface area contributed by atoms with Gasteiger partial charge in [0.15, 0.2) is 5.78 Å². The number of ketones is 2. The van der Waals surface area contributed by atoms with E-state index in [0.29, 0.717) is 25.0 Å². The third-order valence-electron chi connectivity index (χ3n) is 4.25. The summed E-state index contributed by atoms with van der Waals surface area (Å²) in [6.07, 6.45) is 6.76. The Bertz CT molecular complexity index is 464. The first-order chi connectivity index (χ1) is 10.5. The van der Waals surface area contributed by atoms with E-state index in [-0.39, 0.29) is 11.2 Å². The maximum Gasteiger partial charge on any atom is 0.163 e. The topological polar surface area (TPSA) is 34.1 Å². The van der Waals surface area contributed by atoms with Crippen molar-refractivity contribution in [3.63, 3.8) is 0 Å². The molecule has 122 valence electrons. The molecule has 0 amide bonds. The van der Waals surface area contributed by atoms with Gasteiger partial charge in [0, 0.05) is 24.8 Å². The maximum atomic E-state index is 12.5. The molecule has 0 unspecified atom stereocenters. The van der Waals surface area contributed by atoms with Crippen LogP contribution in [0.3, 0.4) is 0 Å². The first kappa shape index (κ1) is 18.6. The molecule has 0 radical (unpaired) electrons. The van der Waals surface area contributed by atoms with Gasteiger partial charge in [0.05, 0.1) is 0 Å². The summed E-state index contributed by atoms with van der Waals surface area (Å²) in [5.41, 5.74) is 0.555. The van der Waals surface area contributed by atoms with Crippen molar-refractivity contribution in [2.45, 2.75) is 72.1 Å². The first-order valence-corrected chi connectivity index (χ1v) is 8.60. The highest BCUT2D eigenvalue weighted by molar-refractivity contribution is 5.96. The number of carbonyl (C=O) groups is 2. The molecule has 22 heavy (non-hydrogen) atoms. The van der Waals surface area contributed by atoms with Crippen LogP contribution in [0.1, 0.15) is 82.5 Å². The van der Waals surface area contributed by atoms with Gasteiger partial charge in [-0.2, -0.15) is 0 Å². The standard InChI is InChI=1S/C20H30O2/c1-4-6-13-18(21)15-20(3,14-7-5-2)16-19(22)17-11-9-8-10-12-17/h8-12H,4-7,13-16H2,1-3H3/t20-/m1/s1. The van der Waals surface area contributed by atoms with Gasteiger partial charge in [-0.05, 0) is 18.3 Å². The fraction of sp³-hybridized carbons (Fsp3) is 0.600. The molecule has 0 bridgehead atoms. The summed E-state index contributed by atoms with van der Waals surface area (Å²) in [6, 6.07) is 9.43. The van der Waals surface area contributed by atoms with Crippen LogP contribution in [0.5, 0.6) is 0 Å². The predicted octanol–water partition coefficient (Wildman–Crippen LogP) is 5.61. The number of benzene rings is 1. The molecule has 0 heterocycles. The van der Waals surface area contributed by atoms with Crippen molar-refractivity contribution in [2.75, 3.05) is 0 Å². The molecular formula is C20H30O2. The van der Waals surface area contributed by atoms with Gasteiger partial charge < -0.3 is 0 Å². The molecule has 1 atom stereocenters. The number of rotatable bonds is 11. The van der Waals surface area contributed by atoms with E-state index < -0.39 is 0 Å². The lowest BCUT2D eigenvalue weighted by molar-refractivity contribution is -0.121. The average Bonchev–Trinajstić information content (AvgIpc) is 2.51. The third-order valence-corrected chi connectivity index (χ3v) is 4.25. The number of unbranched alkanes of at least 4 members (excludes halogenated alkanes) is 2. The Labute approximate surface area is 135 Å². The summed E-state index contributed by atoms with van der Waals surface area (Å²) in [7, 11) is 0. The lowest BCUT2D eigenvalue weighted by atomic mass is 9.75. The molecule has 2 nitrogen and oxygen atoms in total. The van der Waals surface area contributed by atoms with E-state index in [9.17, 15) is 9.59 Å². The third kappa shape index (κ3) is 6.55. The Morgan fingerprint density at radius 2 is 1.59 bits per heavy atom. The average molecular weight is 302 g/mol. The fourth-order valence-electron chi connectivity index (χ4n) is 2.89. The summed E-state index contributed by atoms with van der Waals surface area (Å²) in [6.45, 7) is 6.36. The van der Waals surface area contributed by atoms with Gasteiger partial charge in [-0.25, -0.2) is 0 Å². The fourth-order valence-corrected chi connectivity index (χ4v) is 2.89. The van der Waals surface area contributed by atoms with Crippen molar-refractivity contribution in [3.8, 4) is 0 Å². The van der Waals surface area contributed by atoms with Gasteiger partial charge in [0.25, 0.3) is 0 Å². The van der Waals surface area contributed by atoms with Crippen LogP contribution in [0.25, 0.3) is 0 Å². The zero-order chi connectivity index (χ0) is 16.4. The molecule has 1 rings (SSSR count). The molecule has 2 heteroatoms. The summed E-state index contributed by atoms with van der Waals surface area (Å²) >= 11 is 0. The normalized spacial score (nSPS) is 13.6. The molecule has 0 aliphatic carbocycles. The summed E-state index contributed by atoms with van der Waals surface area (Å²) in [5.74, 6) is 0.462. The van der Waals surface area contributed by atoms with Crippen LogP contribution in [-0.4, -0.2) is 11.6 Å². The van der Waals surface area contributed by atoms with E-state index in [2.05, 4.69) is 20.8 Å². The van der Waals surface area contributed by atoms with E-state index in [1.807, 2.05) is 30.3 Å². The molecule has 0 aliphatic rings. The summed E-state index contributed by atoms with van der Waals surface area (Å²) in [5, 5.41) is 0. The Morgan fingerprint density at radius 1 is 0.955 bits per heavy atom. The highest BCUT2D eigenvalue weighted by atomic mass is 16.1. The van der Waals surface area contributed by atoms with Gasteiger partial charge in [0.2, 0.25) is 0 Å². The highest BCUT2D eigenvalue weighted by Crippen LogP contribution is 2.34. The van der Waals surface area contributed by atoms with Gasteiger partial charge in [-0.1, -0.05) is 70.4 Å². The first-order valence-electron chi connectivity index (χ1n) is 8.60. The van der Waals surface area contributed by atoms with E-state index in [1.165, 1.54) is 0 Å². The predicted molar refractivity (Wildman–Crippen MR) is 92.2 cm³/mol. The minimum atomic E-state index is -0.201. The van der Waals surface area contributed by atoms with Gasteiger partial charge in [-0.3, -0.25) is 9.59 Å². The largest absolute Gasteiger partial charge is 0.300 e. The Morgan fingerprint density at radius 3 is 2.18 bits per heavy atom. The number of Topliss-reactive ketones (excluding diaryl/α,β-unsaturated/α-hetero) is 2. The van der Waals surface area contributed by atoms with Crippen molar-refractivity contribution < 1.29 is 9.59 Å². The Kier molecular flexibility index (Phi) is 8.08. The molecule has 1 aromatic carbocycles. The van der Waals surface area contributed by atoms with E-state index in [0.717, 1.165) is 37.7 Å². The number of hydrogen-bond acceptors (Lipinski definition) is 2. The molecule has 0 saturated carbocycles. The van der Waals surface area contributed by atoms with Crippen LogP contribution >= 0.6 is 0 Å². The lowest BCUT2D eigenvalue weighted by Gasteiger charge is -2.28. The monoisotopic (exact) mass is 302 g/mol. The second-order valence-corrected chi connectivity index (χ2v) is 6.70. The van der Waals surface area contributed by atoms with Crippen LogP contribution in [0.4, 0.5) is 0 Å². The van der Waals surface area contributed by atoms with Crippen LogP contribution < -0.4 is 0 Å². The van der Waals surface area contributed by atoms with Crippen LogP contribution in [0, 0.1) is 5.41 Å². The molecule has 0 aromatic heterocycles. The van der Waals surface area contributed by atoms with E-state index >= 15 is 0 Å². The van der Waals surface area contributed by atoms with Gasteiger partial charge in [0.1, 0.15) is 5.78 Å². The Balaban J connectivity index is 2.73. The molecule has 0 saturated heterocycles. The minimum absolute atomic E-state index is 0.155. The summed E-state index contributed by atoms with van der Waals surface area (Å²) in [4.78, 5) is 24.7. The zero-order valence-electron chi connectivity index (χ0n) is 14.4. The van der Waals surface area contributed by atoms with Crippen molar-refractivity contribution in [2.24, 2.45) is 5.41 Å². The SMILES string of the molecule is CCCCC(=O)C[C@@](C)(CCCC)CC(=O)c1ccccc1. The van der Waals surface area contributed by atoms with E-state index in [4.69, 9.17) is 0 Å². The molecule has 0 aliphatic heterocycles. The minimum Gasteiger partial charge on any atom is -0.300 e. The maximum absolute atomic E-state index is 12.5. The molecular weight excluding hydrogens is 272 g/mol. The number of hydrogen-bond donors (Lipinski definition) is 0. The molecule has 1 aromatic rings. The van der Waals surface area contributed by atoms with Crippen molar-refractivity contribution in [3.05, 3.63) is 35.9 Å². The van der Waals surface area contributed by atoms with Gasteiger partial charge in [-0.15, -0.1) is 0 Å². The lowest BCUT2D eigenvalue weighted by Crippen LogP contribution is -2.25. The molecule has 0 fully saturated rings. The van der Waals surface area contributed by atoms with Crippen LogP contribution in [-0.2, 0) is 4.79 Å². The van der Waals surface area contributed by atoms with Crippen molar-refractivity contribution in [1.82, 2.24) is 0 Å². The second-order valence-electron chi connectivity index (χ2n) is 6.70. The smallest absolute Gasteiger partial charge is 0.163 e. The van der Waals surface area contributed by atoms with E-state index in [1.54, 1.807) is 0 Å². The number of carbonyl (C=O) groups excluding carboxylic acids is 2. The summed E-state index contributed by atoms with van der Waals surface area (Å²) < 4.78 is 0. The second kappa shape index (κ2) is 9.55. The van der Waals surface area contributed by atoms with Gasteiger partial charge >= 0.3 is 0 Å². The zero-order valence-corrected chi connectivity index (χ0v) is 14.4. The quantitative estimate of drug-likeness (QED) is 0.498. The van der Waals surface area contributed by atoms with Crippen LogP contribution in [0.15, 0.2) is 30.3 Å². The molecule has 0 spiro atoms. The van der Waals surface area contributed by atoms with Crippen molar-refractivity contribution >= 4 is 11.6 Å². The molecule has 0 N–H and O–H groups in total. The highest BCUT2D eigenvalue weighted by Gasteiger charge is 2.29. The van der Waals surface area contributed by atoms with Crippen molar-refractivity contribution in [1.29, 1.82) is 0 Å². The van der Waals surface area contributed by atoms with Crippen LogP contribution in [0.2, 0.25) is 0 Å².